The van der Waals surface area contributed by atoms with Crippen molar-refractivity contribution in [2.75, 3.05) is 18.5 Å². The highest BCUT2D eigenvalue weighted by Gasteiger charge is 2.02. The molecule has 0 aromatic carbocycles. The van der Waals surface area contributed by atoms with Crippen LogP contribution in [0.2, 0.25) is 0 Å². The minimum atomic E-state index is -0.326. The van der Waals surface area contributed by atoms with Crippen LogP contribution in [0, 0.1) is 5.82 Å². The highest BCUT2D eigenvalue weighted by molar-refractivity contribution is 5.34. The van der Waals surface area contributed by atoms with E-state index >= 15 is 0 Å². The summed E-state index contributed by atoms with van der Waals surface area (Å²) in [5.41, 5.74) is 0. The lowest BCUT2D eigenvalue weighted by Gasteiger charge is -2.13. The van der Waals surface area contributed by atoms with Crippen molar-refractivity contribution >= 4 is 5.82 Å². The maximum Gasteiger partial charge on any atom is 0.141 e. The quantitative estimate of drug-likeness (QED) is 0.786. The van der Waals surface area contributed by atoms with Gasteiger partial charge in [-0.3, -0.25) is 0 Å². The summed E-state index contributed by atoms with van der Waals surface area (Å²) in [5.74, 6) is 0.339. The lowest BCUT2D eigenvalue weighted by molar-refractivity contribution is 0.141. The Balaban J connectivity index is 2.39. The Morgan fingerprint density at radius 2 is 2.36 bits per heavy atom. The molecule has 1 atom stereocenters. The lowest BCUT2D eigenvalue weighted by Crippen LogP contribution is -2.22. The molecule has 0 radical (unpaired) electrons. The number of rotatable bonds is 5. The van der Waals surface area contributed by atoms with E-state index in [2.05, 4.69) is 10.3 Å². The van der Waals surface area contributed by atoms with E-state index in [0.717, 1.165) is 0 Å². The number of hydrogen-bond donors (Lipinski definition) is 1. The molecule has 3 nitrogen and oxygen atoms in total. The first-order valence-corrected chi connectivity index (χ1v) is 4.68. The minimum absolute atomic E-state index is 0.174. The van der Waals surface area contributed by atoms with E-state index in [-0.39, 0.29) is 11.9 Å². The van der Waals surface area contributed by atoms with Crippen LogP contribution < -0.4 is 5.32 Å². The molecule has 0 spiro atoms. The van der Waals surface area contributed by atoms with Crippen molar-refractivity contribution in [3.05, 3.63) is 24.1 Å². The molecule has 1 heterocycles. The van der Waals surface area contributed by atoms with Gasteiger partial charge in [0.25, 0.3) is 0 Å². The van der Waals surface area contributed by atoms with Crippen LogP contribution in [0.4, 0.5) is 10.2 Å². The Hall–Kier alpha value is -1.16. The van der Waals surface area contributed by atoms with E-state index in [0.29, 0.717) is 19.0 Å². The standard InChI is InChI=1S/C10H15FN2O/c1-3-14-7-8(2)13-10-5-4-9(11)6-12-10/h4-6,8H,3,7H2,1-2H3,(H,12,13). The Labute approximate surface area is 83.3 Å². The van der Waals surface area contributed by atoms with Crippen LogP contribution in [-0.2, 0) is 4.74 Å². The molecule has 0 saturated carbocycles. The van der Waals surface area contributed by atoms with Gasteiger partial charge in [-0.2, -0.15) is 0 Å². The third-order valence-electron chi connectivity index (χ3n) is 1.69. The van der Waals surface area contributed by atoms with Crippen LogP contribution in [0.1, 0.15) is 13.8 Å². The maximum absolute atomic E-state index is 12.5. The summed E-state index contributed by atoms with van der Waals surface area (Å²) in [5, 5.41) is 3.10. The minimum Gasteiger partial charge on any atom is -0.380 e. The molecule has 1 aromatic rings. The number of nitrogens with zero attached hydrogens (tertiary/aromatic N) is 1. The molecule has 1 N–H and O–H groups in total. The van der Waals surface area contributed by atoms with Crippen LogP contribution in [0.15, 0.2) is 18.3 Å². The van der Waals surface area contributed by atoms with Gasteiger partial charge in [-0.15, -0.1) is 0 Å². The van der Waals surface area contributed by atoms with Crippen molar-refractivity contribution in [3.63, 3.8) is 0 Å². The number of hydrogen-bond acceptors (Lipinski definition) is 3. The van der Waals surface area contributed by atoms with Crippen LogP contribution in [-0.4, -0.2) is 24.2 Å². The second-order valence-corrected chi connectivity index (χ2v) is 3.07. The highest BCUT2D eigenvalue weighted by Crippen LogP contribution is 2.05. The number of pyridine rings is 1. The van der Waals surface area contributed by atoms with Gasteiger partial charge in [0.2, 0.25) is 0 Å². The number of nitrogens with one attached hydrogen (secondary N) is 1. The Morgan fingerprint density at radius 3 is 2.93 bits per heavy atom. The van der Waals surface area contributed by atoms with E-state index in [1.54, 1.807) is 6.07 Å². The summed E-state index contributed by atoms with van der Waals surface area (Å²) in [7, 11) is 0. The van der Waals surface area contributed by atoms with Crippen molar-refractivity contribution < 1.29 is 9.13 Å². The normalized spacial score (nSPS) is 12.5. The molecule has 1 rings (SSSR count). The Bertz CT molecular complexity index is 263. The van der Waals surface area contributed by atoms with E-state index in [1.807, 2.05) is 13.8 Å². The predicted molar refractivity (Wildman–Crippen MR) is 53.8 cm³/mol. The van der Waals surface area contributed by atoms with Gasteiger partial charge in [-0.05, 0) is 26.0 Å². The average molecular weight is 198 g/mol. The topological polar surface area (TPSA) is 34.1 Å². The SMILES string of the molecule is CCOCC(C)Nc1ccc(F)cn1. The molecular weight excluding hydrogens is 183 g/mol. The van der Waals surface area contributed by atoms with Crippen LogP contribution in [0.25, 0.3) is 0 Å². The van der Waals surface area contributed by atoms with Crippen LogP contribution in [0.3, 0.4) is 0 Å². The first-order chi connectivity index (χ1) is 6.72. The highest BCUT2D eigenvalue weighted by atomic mass is 19.1. The maximum atomic E-state index is 12.5. The zero-order valence-corrected chi connectivity index (χ0v) is 8.46. The number of anilines is 1. The molecule has 0 aliphatic heterocycles. The van der Waals surface area contributed by atoms with E-state index in [9.17, 15) is 4.39 Å². The molecule has 14 heavy (non-hydrogen) atoms. The summed E-state index contributed by atoms with van der Waals surface area (Å²) < 4.78 is 17.7. The predicted octanol–water partition coefficient (Wildman–Crippen LogP) is 2.06. The second-order valence-electron chi connectivity index (χ2n) is 3.07. The summed E-state index contributed by atoms with van der Waals surface area (Å²) in [6, 6.07) is 3.16. The molecule has 1 unspecified atom stereocenters. The number of halogens is 1. The first-order valence-electron chi connectivity index (χ1n) is 4.68. The summed E-state index contributed by atoms with van der Waals surface area (Å²) >= 11 is 0. The molecule has 0 bridgehead atoms. The fraction of sp³-hybridized carbons (Fsp3) is 0.500. The van der Waals surface area contributed by atoms with E-state index in [1.165, 1.54) is 12.3 Å². The van der Waals surface area contributed by atoms with Gasteiger partial charge in [0.15, 0.2) is 0 Å². The molecule has 78 valence electrons. The molecule has 0 saturated heterocycles. The molecule has 0 fully saturated rings. The fourth-order valence-electron chi connectivity index (χ4n) is 1.05. The summed E-state index contributed by atoms with van der Waals surface area (Å²) in [4.78, 5) is 3.88. The monoisotopic (exact) mass is 198 g/mol. The molecule has 4 heteroatoms. The van der Waals surface area contributed by atoms with Gasteiger partial charge in [0, 0.05) is 12.6 Å². The van der Waals surface area contributed by atoms with Gasteiger partial charge in [-0.25, -0.2) is 9.37 Å². The Kier molecular flexibility index (Phi) is 4.32. The van der Waals surface area contributed by atoms with E-state index < -0.39 is 0 Å². The second kappa shape index (κ2) is 5.54. The van der Waals surface area contributed by atoms with Gasteiger partial charge >= 0.3 is 0 Å². The molecular formula is C10H15FN2O. The van der Waals surface area contributed by atoms with Crippen molar-refractivity contribution in [3.8, 4) is 0 Å². The average Bonchev–Trinajstić information content (AvgIpc) is 2.18. The smallest absolute Gasteiger partial charge is 0.141 e. The molecule has 0 amide bonds. The van der Waals surface area contributed by atoms with Gasteiger partial charge in [-0.1, -0.05) is 0 Å². The largest absolute Gasteiger partial charge is 0.380 e. The summed E-state index contributed by atoms with van der Waals surface area (Å²) in [6.07, 6.45) is 1.19. The van der Waals surface area contributed by atoms with Crippen molar-refractivity contribution in [1.29, 1.82) is 0 Å². The Morgan fingerprint density at radius 1 is 1.57 bits per heavy atom. The van der Waals surface area contributed by atoms with Crippen molar-refractivity contribution in [1.82, 2.24) is 4.98 Å². The lowest BCUT2D eigenvalue weighted by atomic mass is 10.3. The third kappa shape index (κ3) is 3.70. The fourth-order valence-corrected chi connectivity index (χ4v) is 1.05. The molecule has 1 aromatic heterocycles. The first kappa shape index (κ1) is 10.9. The third-order valence-corrected chi connectivity index (χ3v) is 1.69. The molecule has 0 aliphatic carbocycles. The van der Waals surface area contributed by atoms with Crippen LogP contribution in [0.5, 0.6) is 0 Å². The number of ether oxygens (including phenoxy) is 1. The van der Waals surface area contributed by atoms with Crippen LogP contribution >= 0.6 is 0 Å². The zero-order valence-electron chi connectivity index (χ0n) is 8.46. The van der Waals surface area contributed by atoms with Gasteiger partial charge in [0.1, 0.15) is 11.6 Å². The van der Waals surface area contributed by atoms with Crippen molar-refractivity contribution in [2.24, 2.45) is 0 Å². The molecule has 0 aliphatic rings. The van der Waals surface area contributed by atoms with E-state index in [4.69, 9.17) is 4.74 Å². The van der Waals surface area contributed by atoms with Gasteiger partial charge in [0.05, 0.1) is 12.8 Å². The zero-order chi connectivity index (χ0) is 10.4. The van der Waals surface area contributed by atoms with Crippen molar-refractivity contribution in [2.45, 2.75) is 19.9 Å². The summed E-state index contributed by atoms with van der Waals surface area (Å²) in [6.45, 7) is 5.25. The number of aromatic nitrogens is 1. The van der Waals surface area contributed by atoms with Gasteiger partial charge < -0.3 is 10.1 Å².